The van der Waals surface area contributed by atoms with Crippen LogP contribution in [-0.4, -0.2) is 23.7 Å². The second kappa shape index (κ2) is 9.61. The predicted octanol–water partition coefficient (Wildman–Crippen LogP) is 4.84. The number of hydrogen-bond acceptors (Lipinski definition) is 4. The van der Waals surface area contributed by atoms with Crippen LogP contribution >= 0.6 is 23.2 Å². The average Bonchev–Trinajstić information content (AvgIpc) is 3.04. The van der Waals surface area contributed by atoms with Crippen molar-refractivity contribution in [2.75, 3.05) is 10.0 Å². The molecule has 4 aromatic rings. The van der Waals surface area contributed by atoms with Crippen molar-refractivity contribution < 1.29 is 13.2 Å². The lowest BCUT2D eigenvalue weighted by Gasteiger charge is -2.10. The van der Waals surface area contributed by atoms with Crippen LogP contribution in [0.4, 0.5) is 11.4 Å². The minimum Gasteiger partial charge on any atom is -0.321 e. The van der Waals surface area contributed by atoms with Gasteiger partial charge in [-0.1, -0.05) is 47.5 Å². The third kappa shape index (κ3) is 4.97. The predicted molar refractivity (Wildman–Crippen MR) is 137 cm³/mol. The maximum atomic E-state index is 13.2. The fraction of sp³-hybridized carbons (Fsp3) is 0.0833. The third-order valence-corrected chi connectivity index (χ3v) is 7.27. The summed E-state index contributed by atoms with van der Waals surface area (Å²) in [5.74, 6) is -0.561. The molecule has 11 heteroatoms. The van der Waals surface area contributed by atoms with Crippen molar-refractivity contribution in [1.82, 2.24) is 9.36 Å². The summed E-state index contributed by atoms with van der Waals surface area (Å²) in [7, 11) is -2.53. The summed E-state index contributed by atoms with van der Waals surface area (Å²) >= 11 is 12.0. The summed E-state index contributed by atoms with van der Waals surface area (Å²) in [6.45, 7) is 1.64. The maximum Gasteiger partial charge on any atom is 0.296 e. The van der Waals surface area contributed by atoms with E-state index in [1.54, 1.807) is 55.1 Å². The van der Waals surface area contributed by atoms with E-state index in [2.05, 4.69) is 10.0 Å². The molecule has 0 spiro atoms. The van der Waals surface area contributed by atoms with Crippen LogP contribution in [-0.2, 0) is 17.1 Å². The van der Waals surface area contributed by atoms with Crippen LogP contribution in [0.15, 0.2) is 82.5 Å². The SMILES string of the molecule is Cc1c(NS(=O)(=O)c2cccc(C(=O)Nc3ccc(Cl)cc3Cl)c2)c(=O)n(-c2ccccc2)n1C. The zero-order valence-electron chi connectivity index (χ0n) is 18.6. The summed E-state index contributed by atoms with van der Waals surface area (Å²) in [5, 5.41) is 3.28. The second-order valence-electron chi connectivity index (χ2n) is 7.65. The molecule has 35 heavy (non-hydrogen) atoms. The Morgan fingerprint density at radius 3 is 2.34 bits per heavy atom. The first kappa shape index (κ1) is 24.6. The number of nitrogens with one attached hydrogen (secondary N) is 2. The van der Waals surface area contributed by atoms with Gasteiger partial charge in [-0.05, 0) is 55.5 Å². The van der Waals surface area contributed by atoms with E-state index in [4.69, 9.17) is 23.2 Å². The van der Waals surface area contributed by atoms with Crippen molar-refractivity contribution in [3.63, 3.8) is 0 Å². The molecule has 0 saturated carbocycles. The zero-order chi connectivity index (χ0) is 25.3. The molecule has 0 fully saturated rings. The van der Waals surface area contributed by atoms with E-state index in [9.17, 15) is 18.0 Å². The highest BCUT2D eigenvalue weighted by molar-refractivity contribution is 7.92. The van der Waals surface area contributed by atoms with Crippen molar-refractivity contribution in [2.45, 2.75) is 11.8 Å². The Morgan fingerprint density at radius 2 is 1.66 bits per heavy atom. The Labute approximate surface area is 211 Å². The molecule has 0 atom stereocenters. The number of aromatic nitrogens is 2. The number of carbonyl (C=O) groups is 1. The topological polar surface area (TPSA) is 102 Å². The lowest BCUT2D eigenvalue weighted by Crippen LogP contribution is -2.23. The summed E-state index contributed by atoms with van der Waals surface area (Å²) < 4.78 is 31.6. The van der Waals surface area contributed by atoms with Crippen molar-refractivity contribution in [3.8, 4) is 5.69 Å². The van der Waals surface area contributed by atoms with Gasteiger partial charge in [-0.15, -0.1) is 0 Å². The van der Waals surface area contributed by atoms with Gasteiger partial charge in [0.1, 0.15) is 5.69 Å². The molecular weight excluding hydrogens is 511 g/mol. The first-order valence-corrected chi connectivity index (χ1v) is 12.6. The van der Waals surface area contributed by atoms with Gasteiger partial charge < -0.3 is 5.32 Å². The van der Waals surface area contributed by atoms with Crippen molar-refractivity contribution in [2.24, 2.45) is 7.05 Å². The quantitative estimate of drug-likeness (QED) is 0.372. The van der Waals surface area contributed by atoms with Crippen LogP contribution in [0, 0.1) is 6.92 Å². The Kier molecular flexibility index (Phi) is 6.75. The molecule has 8 nitrogen and oxygen atoms in total. The third-order valence-electron chi connectivity index (χ3n) is 5.38. The molecule has 1 amide bonds. The number of anilines is 2. The van der Waals surface area contributed by atoms with E-state index >= 15 is 0 Å². The Balaban J connectivity index is 1.64. The Bertz CT molecular complexity index is 1600. The van der Waals surface area contributed by atoms with Gasteiger partial charge in [0.25, 0.3) is 21.5 Å². The van der Waals surface area contributed by atoms with Gasteiger partial charge in [0.2, 0.25) is 0 Å². The lowest BCUT2D eigenvalue weighted by molar-refractivity contribution is 0.102. The van der Waals surface area contributed by atoms with Crippen LogP contribution in [0.3, 0.4) is 0 Å². The molecule has 0 bridgehead atoms. The van der Waals surface area contributed by atoms with Gasteiger partial charge in [-0.25, -0.2) is 13.1 Å². The van der Waals surface area contributed by atoms with E-state index in [-0.39, 0.29) is 21.2 Å². The number of halogens is 2. The van der Waals surface area contributed by atoms with Crippen LogP contribution < -0.4 is 15.6 Å². The normalized spacial score (nSPS) is 11.3. The molecule has 2 N–H and O–H groups in total. The number of hydrogen-bond donors (Lipinski definition) is 2. The average molecular weight is 531 g/mol. The highest BCUT2D eigenvalue weighted by Crippen LogP contribution is 2.26. The highest BCUT2D eigenvalue weighted by atomic mass is 35.5. The maximum absolute atomic E-state index is 13.2. The molecule has 0 aliphatic carbocycles. The number of carbonyl (C=O) groups excluding carboxylic acids is 1. The highest BCUT2D eigenvalue weighted by Gasteiger charge is 2.23. The van der Waals surface area contributed by atoms with Crippen LogP contribution in [0.2, 0.25) is 10.0 Å². The van der Waals surface area contributed by atoms with Crippen LogP contribution in [0.25, 0.3) is 5.69 Å². The molecule has 0 aliphatic rings. The molecule has 0 aliphatic heterocycles. The number of amides is 1. The van der Waals surface area contributed by atoms with Gasteiger partial charge in [0, 0.05) is 17.6 Å². The Hall–Kier alpha value is -3.53. The first-order chi connectivity index (χ1) is 16.6. The van der Waals surface area contributed by atoms with Gasteiger partial charge >= 0.3 is 0 Å². The van der Waals surface area contributed by atoms with Gasteiger partial charge in [-0.3, -0.25) is 19.0 Å². The largest absolute Gasteiger partial charge is 0.321 e. The van der Waals surface area contributed by atoms with Crippen molar-refractivity contribution >= 4 is 50.5 Å². The molecule has 1 aromatic heterocycles. The molecule has 4 rings (SSSR count). The van der Waals surface area contributed by atoms with E-state index in [1.165, 1.54) is 35.0 Å². The molecule has 0 radical (unpaired) electrons. The number of nitrogens with zero attached hydrogens (tertiary/aromatic N) is 2. The molecule has 0 saturated heterocycles. The summed E-state index contributed by atoms with van der Waals surface area (Å²) in [6, 6.07) is 18.9. The Morgan fingerprint density at radius 1 is 0.943 bits per heavy atom. The monoisotopic (exact) mass is 530 g/mol. The van der Waals surface area contributed by atoms with Gasteiger partial charge in [0.15, 0.2) is 0 Å². The fourth-order valence-corrected chi connectivity index (χ4v) is 5.09. The lowest BCUT2D eigenvalue weighted by atomic mass is 10.2. The molecule has 1 heterocycles. The summed E-state index contributed by atoms with van der Waals surface area (Å²) in [4.78, 5) is 25.6. The van der Waals surface area contributed by atoms with E-state index < -0.39 is 21.5 Å². The summed E-state index contributed by atoms with van der Waals surface area (Å²) in [6.07, 6.45) is 0. The molecule has 3 aromatic carbocycles. The van der Waals surface area contributed by atoms with E-state index in [0.29, 0.717) is 22.1 Å². The standard InChI is InChI=1S/C24H20Cl2N4O4S/c1-15-22(24(32)30(29(15)2)18-8-4-3-5-9-18)28-35(33,34)19-10-6-7-16(13-19)23(31)27-21-12-11-17(25)14-20(21)26/h3-14,28H,1-2H3,(H,27,31). The smallest absolute Gasteiger partial charge is 0.296 e. The number of benzene rings is 3. The minimum absolute atomic E-state index is 0.0841. The first-order valence-electron chi connectivity index (χ1n) is 10.3. The van der Waals surface area contributed by atoms with Crippen molar-refractivity contribution in [3.05, 3.63) is 104 Å². The molecular formula is C24H20Cl2N4O4S. The van der Waals surface area contributed by atoms with Gasteiger partial charge in [0.05, 0.1) is 27.0 Å². The van der Waals surface area contributed by atoms with Crippen LogP contribution in [0.1, 0.15) is 16.1 Å². The van der Waals surface area contributed by atoms with E-state index in [1.807, 2.05) is 6.07 Å². The minimum atomic E-state index is -4.19. The number of rotatable bonds is 6. The molecule has 180 valence electrons. The van der Waals surface area contributed by atoms with Crippen molar-refractivity contribution in [1.29, 1.82) is 0 Å². The summed E-state index contributed by atoms with van der Waals surface area (Å²) in [5.41, 5.74) is 0.825. The second-order valence-corrected chi connectivity index (χ2v) is 10.2. The number of para-hydroxylation sites is 1. The number of sulfonamides is 1. The zero-order valence-corrected chi connectivity index (χ0v) is 20.9. The van der Waals surface area contributed by atoms with E-state index in [0.717, 1.165) is 0 Å². The van der Waals surface area contributed by atoms with Gasteiger partial charge in [-0.2, -0.15) is 0 Å². The molecule has 0 unspecified atom stereocenters. The fourth-order valence-electron chi connectivity index (χ4n) is 3.47. The van der Waals surface area contributed by atoms with Crippen LogP contribution in [0.5, 0.6) is 0 Å².